The number of aromatic amines is 1. The van der Waals surface area contributed by atoms with E-state index in [1.807, 2.05) is 12.4 Å². The van der Waals surface area contributed by atoms with Gasteiger partial charge in [0.25, 0.3) is 0 Å². The Balaban J connectivity index is 2.00. The van der Waals surface area contributed by atoms with Gasteiger partial charge in [-0.15, -0.1) is 0 Å². The van der Waals surface area contributed by atoms with Crippen LogP contribution in [0.3, 0.4) is 0 Å². The van der Waals surface area contributed by atoms with E-state index in [-0.39, 0.29) is 16.9 Å². The zero-order valence-electron chi connectivity index (χ0n) is 12.4. The van der Waals surface area contributed by atoms with Gasteiger partial charge in [-0.25, -0.2) is 4.98 Å². The first-order valence-corrected chi connectivity index (χ1v) is 6.92. The summed E-state index contributed by atoms with van der Waals surface area (Å²) in [4.78, 5) is 7.69. The summed E-state index contributed by atoms with van der Waals surface area (Å²) < 4.78 is 6.27. The smallest absolute Gasteiger partial charge is 0.173 e. The van der Waals surface area contributed by atoms with Crippen molar-refractivity contribution in [2.75, 3.05) is 0 Å². The van der Waals surface area contributed by atoms with Gasteiger partial charge in [0, 0.05) is 17.8 Å². The third-order valence-electron chi connectivity index (χ3n) is 4.89. The Morgan fingerprint density at radius 1 is 1.32 bits per heavy atom. The maximum absolute atomic E-state index is 6.27. The number of fused-ring (bicyclic) bond motifs is 1. The monoisotopic (exact) mass is 256 g/mol. The first-order chi connectivity index (χ1) is 8.80. The van der Waals surface area contributed by atoms with Crippen molar-refractivity contribution >= 4 is 18.3 Å². The van der Waals surface area contributed by atoms with Crippen molar-refractivity contribution < 1.29 is 4.74 Å². The Morgan fingerprint density at radius 3 is 2.68 bits per heavy atom. The quantitative estimate of drug-likeness (QED) is 0.795. The fourth-order valence-electron chi connectivity index (χ4n) is 2.78. The Hall–Kier alpha value is -1.29. The molecule has 0 aromatic carbocycles. The molecule has 1 atom stereocenters. The van der Waals surface area contributed by atoms with Crippen LogP contribution in [0.4, 0.5) is 0 Å². The topological polar surface area (TPSA) is 37.9 Å². The molecule has 1 N–H and O–H groups in total. The minimum atomic E-state index is -0.0974. The standard InChI is InChI=1S/C15H21BN2O/c1-9-7-17-13-11(9)6-10(8-18-13)12-16-14(2,3)15(4,5)19-12/h6-8,12,16H,1-5H3,(H,17,18). The van der Waals surface area contributed by atoms with Crippen molar-refractivity contribution in [1.82, 2.24) is 9.97 Å². The van der Waals surface area contributed by atoms with E-state index in [4.69, 9.17) is 4.74 Å². The molecule has 19 heavy (non-hydrogen) atoms. The van der Waals surface area contributed by atoms with Gasteiger partial charge in [-0.2, -0.15) is 0 Å². The van der Waals surface area contributed by atoms with E-state index in [1.165, 1.54) is 16.5 Å². The van der Waals surface area contributed by atoms with Crippen molar-refractivity contribution in [1.29, 1.82) is 0 Å². The number of aromatic nitrogens is 2. The number of hydrogen-bond donors (Lipinski definition) is 1. The predicted octanol–water partition coefficient (Wildman–Crippen LogP) is 3.31. The van der Waals surface area contributed by atoms with E-state index >= 15 is 0 Å². The predicted molar refractivity (Wildman–Crippen MR) is 79.9 cm³/mol. The molecule has 100 valence electrons. The molecular weight excluding hydrogens is 235 g/mol. The molecule has 3 nitrogen and oxygen atoms in total. The maximum atomic E-state index is 6.27. The molecule has 3 heterocycles. The molecule has 1 unspecified atom stereocenters. The zero-order chi connectivity index (χ0) is 13.8. The number of rotatable bonds is 1. The van der Waals surface area contributed by atoms with Crippen LogP contribution in [-0.2, 0) is 4.74 Å². The van der Waals surface area contributed by atoms with Crippen molar-refractivity contribution in [2.24, 2.45) is 0 Å². The van der Waals surface area contributed by atoms with Crippen LogP contribution in [-0.4, -0.2) is 22.8 Å². The van der Waals surface area contributed by atoms with E-state index in [1.54, 1.807) is 0 Å². The van der Waals surface area contributed by atoms with E-state index in [2.05, 4.69) is 50.7 Å². The summed E-state index contributed by atoms with van der Waals surface area (Å²) in [5.74, 6) is 0. The van der Waals surface area contributed by atoms with Crippen LogP contribution in [0.1, 0.15) is 44.8 Å². The highest BCUT2D eigenvalue weighted by Crippen LogP contribution is 2.51. The second-order valence-electron chi connectivity index (χ2n) is 6.84. The molecule has 4 heteroatoms. The number of hydrogen-bond acceptors (Lipinski definition) is 2. The first kappa shape index (κ1) is 12.7. The van der Waals surface area contributed by atoms with Crippen LogP contribution >= 0.6 is 0 Å². The number of H-pyrrole nitrogens is 1. The third kappa shape index (κ3) is 1.89. The fraction of sp³-hybridized carbons (Fsp3) is 0.533. The molecular formula is C15H21BN2O. The third-order valence-corrected chi connectivity index (χ3v) is 4.89. The van der Waals surface area contributed by atoms with Gasteiger partial charge in [0.15, 0.2) is 7.28 Å². The minimum Gasteiger partial charge on any atom is -0.377 e. The Labute approximate surface area is 115 Å². The molecule has 1 aliphatic rings. The Bertz CT molecular complexity index is 614. The second kappa shape index (κ2) is 3.86. The van der Waals surface area contributed by atoms with Crippen LogP contribution in [0.15, 0.2) is 18.5 Å². The Morgan fingerprint density at radius 2 is 2.05 bits per heavy atom. The van der Waals surface area contributed by atoms with Gasteiger partial charge in [-0.1, -0.05) is 13.8 Å². The fourth-order valence-corrected chi connectivity index (χ4v) is 2.78. The van der Waals surface area contributed by atoms with Gasteiger partial charge >= 0.3 is 0 Å². The highest BCUT2D eigenvalue weighted by molar-refractivity contribution is 6.43. The van der Waals surface area contributed by atoms with Gasteiger partial charge in [-0.3, -0.25) is 0 Å². The molecule has 3 rings (SSSR count). The van der Waals surface area contributed by atoms with Gasteiger partial charge in [-0.05, 0) is 43.3 Å². The summed E-state index contributed by atoms with van der Waals surface area (Å²) in [5.41, 5.74) is 3.28. The summed E-state index contributed by atoms with van der Waals surface area (Å²) in [6.45, 7) is 11.0. The van der Waals surface area contributed by atoms with E-state index in [0.717, 1.165) is 12.9 Å². The molecule has 1 saturated heterocycles. The molecule has 0 spiro atoms. The summed E-state index contributed by atoms with van der Waals surface area (Å²) in [5, 5.41) is 1.38. The summed E-state index contributed by atoms with van der Waals surface area (Å²) in [6, 6.07) is 2.37. The highest BCUT2D eigenvalue weighted by atomic mass is 16.5. The van der Waals surface area contributed by atoms with Gasteiger partial charge in [0.2, 0.25) is 0 Å². The SMILES string of the molecule is Cc1c[nH]c2ncc(C3BC(C)(C)C(C)(C)O3)cc12. The highest BCUT2D eigenvalue weighted by Gasteiger charge is 2.49. The largest absolute Gasteiger partial charge is 0.377 e. The molecule has 0 amide bonds. The summed E-state index contributed by atoms with van der Waals surface area (Å²) >= 11 is 0. The van der Waals surface area contributed by atoms with Crippen molar-refractivity contribution in [3.05, 3.63) is 29.6 Å². The van der Waals surface area contributed by atoms with E-state index in [9.17, 15) is 0 Å². The van der Waals surface area contributed by atoms with E-state index in [0.29, 0.717) is 0 Å². The minimum absolute atomic E-state index is 0.0974. The zero-order valence-corrected chi connectivity index (χ0v) is 12.4. The van der Waals surface area contributed by atoms with Crippen LogP contribution in [0.25, 0.3) is 11.0 Å². The van der Waals surface area contributed by atoms with Gasteiger partial charge in [0.1, 0.15) is 5.65 Å². The van der Waals surface area contributed by atoms with Crippen molar-refractivity contribution in [2.45, 2.75) is 51.5 Å². The normalized spacial score (nSPS) is 24.6. The van der Waals surface area contributed by atoms with Gasteiger partial charge in [0.05, 0.1) is 11.6 Å². The van der Waals surface area contributed by atoms with E-state index < -0.39 is 0 Å². The molecule has 1 fully saturated rings. The molecule has 0 radical (unpaired) electrons. The number of pyridine rings is 1. The van der Waals surface area contributed by atoms with Gasteiger partial charge < -0.3 is 9.72 Å². The van der Waals surface area contributed by atoms with Crippen molar-refractivity contribution in [3.8, 4) is 0 Å². The molecule has 1 aliphatic heterocycles. The van der Waals surface area contributed by atoms with Crippen LogP contribution in [0.5, 0.6) is 0 Å². The molecule has 2 aromatic rings. The maximum Gasteiger partial charge on any atom is 0.173 e. The van der Waals surface area contributed by atoms with Crippen LogP contribution in [0, 0.1) is 6.92 Å². The number of aryl methyl sites for hydroxylation is 1. The Kier molecular flexibility index (Phi) is 2.58. The number of nitrogens with one attached hydrogen (secondary N) is 1. The summed E-state index contributed by atoms with van der Waals surface area (Å²) in [7, 11) is 1.04. The number of ether oxygens (including phenoxy) is 1. The lowest BCUT2D eigenvalue weighted by Crippen LogP contribution is -2.31. The van der Waals surface area contributed by atoms with Crippen molar-refractivity contribution in [3.63, 3.8) is 0 Å². The lowest BCUT2D eigenvalue weighted by atomic mass is 9.47. The molecule has 2 aromatic heterocycles. The van der Waals surface area contributed by atoms with Crippen LogP contribution in [0.2, 0.25) is 5.31 Å². The summed E-state index contributed by atoms with van der Waals surface area (Å²) in [6.07, 6.45) is 3.95. The molecule has 0 aliphatic carbocycles. The molecule has 0 bridgehead atoms. The average Bonchev–Trinajstić information content (AvgIpc) is 2.78. The lowest BCUT2D eigenvalue weighted by molar-refractivity contribution is -0.0343. The second-order valence-corrected chi connectivity index (χ2v) is 6.84. The average molecular weight is 256 g/mol. The first-order valence-electron chi connectivity index (χ1n) is 6.92. The van der Waals surface area contributed by atoms with Crippen LogP contribution < -0.4 is 0 Å². The molecule has 0 saturated carbocycles. The lowest BCUT2D eigenvalue weighted by Gasteiger charge is -2.33. The number of nitrogens with zero attached hydrogens (tertiary/aromatic N) is 1.